The van der Waals surface area contributed by atoms with E-state index in [4.69, 9.17) is 11.6 Å². The van der Waals surface area contributed by atoms with Gasteiger partial charge in [0.2, 0.25) is 11.8 Å². The summed E-state index contributed by atoms with van der Waals surface area (Å²) in [6.07, 6.45) is 4.02. The van der Waals surface area contributed by atoms with E-state index < -0.39 is 23.9 Å². The Bertz CT molecular complexity index is 1630. The zero-order valence-electron chi connectivity index (χ0n) is 19.6. The number of imide groups is 1. The van der Waals surface area contributed by atoms with Crippen LogP contribution in [0, 0.1) is 11.8 Å². The van der Waals surface area contributed by atoms with Gasteiger partial charge in [0, 0.05) is 21.8 Å². The van der Waals surface area contributed by atoms with Crippen molar-refractivity contribution in [1.29, 1.82) is 0 Å². The Morgan fingerprint density at radius 3 is 2.24 bits per heavy atom. The average Bonchev–Trinajstić information content (AvgIpc) is 3.41. The molecule has 4 aromatic carbocycles. The summed E-state index contributed by atoms with van der Waals surface area (Å²) in [5.41, 5.74) is 2.86. The highest BCUT2D eigenvalue weighted by Gasteiger charge is 2.64. The largest absolute Gasteiger partial charge is 0.352 e. The first-order valence-corrected chi connectivity index (χ1v) is 12.6. The second-order valence-corrected chi connectivity index (χ2v) is 10.1. The summed E-state index contributed by atoms with van der Waals surface area (Å²) in [5.74, 6) is -2.27. The van der Waals surface area contributed by atoms with Gasteiger partial charge >= 0.3 is 0 Å². The maximum atomic E-state index is 14.1. The monoisotopic (exact) mass is 504 g/mol. The molecule has 2 saturated heterocycles. The summed E-state index contributed by atoms with van der Waals surface area (Å²) in [6.45, 7) is 0. The predicted molar refractivity (Wildman–Crippen MR) is 145 cm³/mol. The second kappa shape index (κ2) is 8.15. The Morgan fingerprint density at radius 1 is 0.757 bits per heavy atom. The molecule has 3 aliphatic heterocycles. The van der Waals surface area contributed by atoms with E-state index in [0.29, 0.717) is 16.3 Å². The molecule has 4 aromatic rings. The molecule has 0 radical (unpaired) electrons. The van der Waals surface area contributed by atoms with Crippen LogP contribution in [0.15, 0.2) is 97.1 Å². The van der Waals surface area contributed by atoms with Gasteiger partial charge in [-0.3, -0.25) is 14.4 Å². The highest BCUT2D eigenvalue weighted by atomic mass is 35.5. The third kappa shape index (κ3) is 3.14. The van der Waals surface area contributed by atoms with Gasteiger partial charge in [0.05, 0.1) is 23.6 Å². The number of halogens is 1. The number of ketones is 1. The van der Waals surface area contributed by atoms with E-state index in [1.165, 1.54) is 4.90 Å². The van der Waals surface area contributed by atoms with Gasteiger partial charge in [0.15, 0.2) is 5.78 Å². The van der Waals surface area contributed by atoms with E-state index in [1.807, 2.05) is 59.5 Å². The third-order valence-electron chi connectivity index (χ3n) is 7.82. The highest BCUT2D eigenvalue weighted by molar-refractivity contribution is 6.31. The zero-order valence-corrected chi connectivity index (χ0v) is 20.4. The highest BCUT2D eigenvalue weighted by Crippen LogP contribution is 2.50. The molecule has 4 atom stereocenters. The topological polar surface area (TPSA) is 57.7 Å². The quantitative estimate of drug-likeness (QED) is 0.263. The van der Waals surface area contributed by atoms with Crippen LogP contribution >= 0.6 is 11.6 Å². The molecule has 3 heterocycles. The number of rotatable bonds is 3. The van der Waals surface area contributed by atoms with E-state index in [9.17, 15) is 14.4 Å². The molecule has 2 fully saturated rings. The zero-order chi connectivity index (χ0) is 25.3. The normalized spacial score (nSPS) is 23.8. The van der Waals surface area contributed by atoms with Crippen LogP contribution < -0.4 is 9.80 Å². The summed E-state index contributed by atoms with van der Waals surface area (Å²) in [6, 6.07) is 26.6. The van der Waals surface area contributed by atoms with E-state index in [-0.39, 0.29) is 17.6 Å². The van der Waals surface area contributed by atoms with Crippen molar-refractivity contribution in [1.82, 2.24) is 0 Å². The van der Waals surface area contributed by atoms with Crippen LogP contribution in [0.2, 0.25) is 5.02 Å². The fourth-order valence-electron chi connectivity index (χ4n) is 6.24. The number of fused-ring (bicyclic) bond motifs is 7. The van der Waals surface area contributed by atoms with Crippen LogP contribution in [0.4, 0.5) is 11.4 Å². The Labute approximate surface area is 218 Å². The van der Waals surface area contributed by atoms with Gasteiger partial charge in [-0.1, -0.05) is 84.4 Å². The van der Waals surface area contributed by atoms with Crippen molar-refractivity contribution < 1.29 is 14.4 Å². The molecule has 6 heteroatoms. The first-order valence-electron chi connectivity index (χ1n) is 12.3. The number of nitrogens with zero attached hydrogens (tertiary/aromatic N) is 2. The number of hydrogen-bond donors (Lipinski definition) is 0. The van der Waals surface area contributed by atoms with Gasteiger partial charge in [-0.15, -0.1) is 0 Å². The lowest BCUT2D eigenvalue weighted by molar-refractivity contribution is -0.122. The Kier molecular flexibility index (Phi) is 4.85. The van der Waals surface area contributed by atoms with Gasteiger partial charge in [-0.2, -0.15) is 0 Å². The molecule has 2 amide bonds. The number of benzene rings is 4. The fraction of sp³-hybridized carbons (Fsp3) is 0.129. The van der Waals surface area contributed by atoms with Crippen LogP contribution in [-0.4, -0.2) is 29.7 Å². The Morgan fingerprint density at radius 2 is 1.46 bits per heavy atom. The summed E-state index contributed by atoms with van der Waals surface area (Å²) in [4.78, 5) is 45.2. The van der Waals surface area contributed by atoms with Crippen LogP contribution in [-0.2, 0) is 9.59 Å². The molecular formula is C31H21ClN2O3. The minimum Gasteiger partial charge on any atom is -0.352 e. The molecule has 3 aliphatic rings. The van der Waals surface area contributed by atoms with Crippen LogP contribution in [0.5, 0.6) is 0 Å². The van der Waals surface area contributed by atoms with E-state index in [2.05, 4.69) is 12.1 Å². The van der Waals surface area contributed by atoms with Crippen molar-refractivity contribution in [2.75, 3.05) is 9.80 Å². The molecule has 0 spiro atoms. The molecule has 180 valence electrons. The summed E-state index contributed by atoms with van der Waals surface area (Å²) >= 11 is 6.05. The molecule has 37 heavy (non-hydrogen) atoms. The van der Waals surface area contributed by atoms with Crippen LogP contribution in [0.3, 0.4) is 0 Å². The number of anilines is 2. The van der Waals surface area contributed by atoms with Gasteiger partial charge in [-0.05, 0) is 41.1 Å². The maximum Gasteiger partial charge on any atom is 0.240 e. The van der Waals surface area contributed by atoms with Crippen molar-refractivity contribution >= 4 is 57.4 Å². The summed E-state index contributed by atoms with van der Waals surface area (Å²) in [7, 11) is 0. The molecule has 0 N–H and O–H groups in total. The summed E-state index contributed by atoms with van der Waals surface area (Å²) in [5, 5.41) is 2.68. The van der Waals surface area contributed by atoms with Gasteiger partial charge in [-0.25, -0.2) is 4.90 Å². The molecule has 0 aliphatic carbocycles. The van der Waals surface area contributed by atoms with Crippen molar-refractivity contribution in [3.05, 3.63) is 113 Å². The van der Waals surface area contributed by atoms with Crippen molar-refractivity contribution in [2.45, 2.75) is 12.1 Å². The first-order chi connectivity index (χ1) is 18.0. The lowest BCUT2D eigenvalue weighted by Crippen LogP contribution is -2.48. The predicted octanol–water partition coefficient (Wildman–Crippen LogP) is 5.77. The lowest BCUT2D eigenvalue weighted by Gasteiger charge is -2.37. The lowest BCUT2D eigenvalue weighted by atomic mass is 9.86. The van der Waals surface area contributed by atoms with Crippen molar-refractivity contribution in [3.8, 4) is 0 Å². The number of carbonyl (C=O) groups is 3. The van der Waals surface area contributed by atoms with Crippen LogP contribution in [0.1, 0.15) is 15.9 Å². The number of Topliss-reactive ketones (excluding diaryl/α,β-unsaturated/α-hetero) is 1. The number of amides is 2. The standard InChI is InChI=1S/C31H21ClN2O3/c32-20-11-13-21(14-12-20)33-30(36)26-25-17-15-23-22-9-5-4-6-18(22)10-16-24(23)34(25)28(27(26)31(33)37)29(35)19-7-2-1-3-8-19/h1-17,25-28H/t25-,26-,27+,28+/m1/s1. The number of carbonyl (C=O) groups excluding carboxylic acids is 3. The molecular weight excluding hydrogens is 484 g/mol. The smallest absolute Gasteiger partial charge is 0.240 e. The second-order valence-electron chi connectivity index (χ2n) is 9.69. The third-order valence-corrected chi connectivity index (χ3v) is 8.08. The van der Waals surface area contributed by atoms with E-state index >= 15 is 0 Å². The van der Waals surface area contributed by atoms with Crippen molar-refractivity contribution in [3.63, 3.8) is 0 Å². The van der Waals surface area contributed by atoms with E-state index in [1.54, 1.807) is 36.4 Å². The molecule has 0 unspecified atom stereocenters. The molecule has 0 aromatic heterocycles. The maximum absolute atomic E-state index is 14.1. The van der Waals surface area contributed by atoms with E-state index in [0.717, 1.165) is 22.0 Å². The fourth-order valence-corrected chi connectivity index (χ4v) is 6.37. The minimum atomic E-state index is -0.809. The average molecular weight is 505 g/mol. The minimum absolute atomic E-state index is 0.161. The van der Waals surface area contributed by atoms with Gasteiger partial charge in [0.25, 0.3) is 0 Å². The molecule has 5 nitrogen and oxygen atoms in total. The SMILES string of the molecule is O=C(c1ccccc1)[C@@H]1[C@H]2C(=O)N(c3ccc(Cl)cc3)C(=O)[C@@H]2[C@H]2C=Cc3c(ccc4ccccc34)N21. The van der Waals surface area contributed by atoms with Crippen LogP contribution in [0.25, 0.3) is 16.8 Å². The number of hydrogen-bond acceptors (Lipinski definition) is 4. The Balaban J connectivity index is 1.40. The first kappa shape index (κ1) is 22.0. The summed E-state index contributed by atoms with van der Waals surface area (Å²) < 4.78 is 0. The molecule has 7 rings (SSSR count). The van der Waals surface area contributed by atoms with Gasteiger partial charge < -0.3 is 4.90 Å². The van der Waals surface area contributed by atoms with Gasteiger partial charge in [0.1, 0.15) is 6.04 Å². The molecule has 0 saturated carbocycles. The van der Waals surface area contributed by atoms with Crippen molar-refractivity contribution in [2.24, 2.45) is 11.8 Å². The Hall–Kier alpha value is -4.22. The molecule has 0 bridgehead atoms.